The Morgan fingerprint density at radius 1 is 1.59 bits per heavy atom. The number of nitrogens with zero attached hydrogens (tertiary/aromatic N) is 1. The average Bonchev–Trinajstić information content (AvgIpc) is 2.61. The van der Waals surface area contributed by atoms with Gasteiger partial charge in [0.1, 0.15) is 4.90 Å². The lowest BCUT2D eigenvalue weighted by Crippen LogP contribution is -2.28. The maximum Gasteiger partial charge on any atom is 0.245 e. The van der Waals surface area contributed by atoms with Gasteiger partial charge in [-0.3, -0.25) is 0 Å². The van der Waals surface area contributed by atoms with Crippen molar-refractivity contribution in [3.8, 4) is 12.3 Å². The maximum absolute atomic E-state index is 12.3. The third kappa shape index (κ3) is 2.87. The fourth-order valence-electron chi connectivity index (χ4n) is 1.49. The van der Waals surface area contributed by atoms with Gasteiger partial charge in [-0.05, 0) is 24.9 Å². The second-order valence-corrected chi connectivity index (χ2v) is 6.61. The number of terminal acetylenes is 1. The van der Waals surface area contributed by atoms with Crippen molar-refractivity contribution in [3.63, 3.8) is 0 Å². The van der Waals surface area contributed by atoms with E-state index in [0.717, 1.165) is 10.4 Å². The van der Waals surface area contributed by atoms with Crippen molar-refractivity contribution in [3.05, 3.63) is 15.8 Å². The first-order valence-corrected chi connectivity index (χ1v) is 7.38. The smallest absolute Gasteiger partial charge is 0.245 e. The van der Waals surface area contributed by atoms with Crippen LogP contribution in [0.15, 0.2) is 10.3 Å². The number of hydrogen-bond acceptors (Lipinski definition) is 4. The highest BCUT2D eigenvalue weighted by atomic mass is 32.2. The Hall–Kier alpha value is -0.870. The van der Waals surface area contributed by atoms with Crippen LogP contribution >= 0.6 is 11.3 Å². The van der Waals surface area contributed by atoms with Crippen LogP contribution in [0.3, 0.4) is 0 Å². The van der Waals surface area contributed by atoms with E-state index in [9.17, 15) is 8.42 Å². The van der Waals surface area contributed by atoms with Gasteiger partial charge in [-0.2, -0.15) is 4.31 Å². The first-order chi connectivity index (χ1) is 7.95. The molecule has 0 saturated heterocycles. The van der Waals surface area contributed by atoms with Crippen molar-refractivity contribution in [1.29, 1.82) is 0 Å². The molecule has 94 valence electrons. The molecule has 0 spiro atoms. The van der Waals surface area contributed by atoms with Crippen LogP contribution in [-0.2, 0) is 16.6 Å². The Morgan fingerprint density at radius 3 is 2.76 bits per heavy atom. The third-order valence-corrected chi connectivity index (χ3v) is 5.58. The minimum atomic E-state index is -3.48. The summed E-state index contributed by atoms with van der Waals surface area (Å²) in [5.74, 6) is 2.34. The number of nitrogens with one attached hydrogen (secondary N) is 1. The van der Waals surface area contributed by atoms with Gasteiger partial charge in [-0.25, -0.2) is 8.42 Å². The van der Waals surface area contributed by atoms with Crippen molar-refractivity contribution in [2.75, 3.05) is 20.6 Å². The summed E-state index contributed by atoms with van der Waals surface area (Å²) in [6.45, 7) is 2.42. The zero-order valence-corrected chi connectivity index (χ0v) is 11.8. The van der Waals surface area contributed by atoms with Crippen LogP contribution in [0.1, 0.15) is 10.4 Å². The molecule has 0 aliphatic rings. The van der Waals surface area contributed by atoms with Crippen molar-refractivity contribution in [2.45, 2.75) is 18.4 Å². The van der Waals surface area contributed by atoms with E-state index in [1.807, 2.05) is 5.38 Å². The molecular formula is C11H16N2O2S2. The van der Waals surface area contributed by atoms with Gasteiger partial charge in [0.25, 0.3) is 0 Å². The van der Waals surface area contributed by atoms with E-state index < -0.39 is 10.0 Å². The minimum Gasteiger partial charge on any atom is -0.315 e. The lowest BCUT2D eigenvalue weighted by atomic mass is 10.3. The predicted octanol–water partition coefficient (Wildman–Crippen LogP) is 1.03. The molecule has 0 bridgehead atoms. The largest absolute Gasteiger partial charge is 0.315 e. The highest BCUT2D eigenvalue weighted by molar-refractivity contribution is 7.89. The molecule has 0 unspecified atom stereocenters. The summed E-state index contributed by atoms with van der Waals surface area (Å²) in [6, 6.07) is 0. The number of hydrogen-bond donors (Lipinski definition) is 1. The van der Waals surface area contributed by atoms with Crippen LogP contribution in [0, 0.1) is 19.3 Å². The molecule has 1 heterocycles. The third-order valence-electron chi connectivity index (χ3n) is 2.31. The zero-order chi connectivity index (χ0) is 13.1. The molecule has 0 aliphatic heterocycles. The Bertz CT molecular complexity index is 526. The fourth-order valence-corrected chi connectivity index (χ4v) is 4.33. The van der Waals surface area contributed by atoms with Gasteiger partial charge in [0.15, 0.2) is 0 Å². The van der Waals surface area contributed by atoms with E-state index in [-0.39, 0.29) is 6.54 Å². The van der Waals surface area contributed by atoms with Crippen LogP contribution in [0.4, 0.5) is 0 Å². The summed E-state index contributed by atoms with van der Waals surface area (Å²) in [5.41, 5.74) is 0.768. The summed E-state index contributed by atoms with van der Waals surface area (Å²) >= 11 is 1.44. The molecule has 0 radical (unpaired) electrons. The first-order valence-electron chi connectivity index (χ1n) is 5.06. The first kappa shape index (κ1) is 14.2. The average molecular weight is 272 g/mol. The van der Waals surface area contributed by atoms with Crippen molar-refractivity contribution >= 4 is 21.4 Å². The number of aryl methyl sites for hydroxylation is 1. The molecule has 0 aromatic carbocycles. The van der Waals surface area contributed by atoms with Gasteiger partial charge >= 0.3 is 0 Å². The summed E-state index contributed by atoms with van der Waals surface area (Å²) in [7, 11) is -0.196. The van der Waals surface area contributed by atoms with E-state index in [1.54, 1.807) is 14.0 Å². The number of thiophene rings is 1. The van der Waals surface area contributed by atoms with Gasteiger partial charge in [0.2, 0.25) is 10.0 Å². The Morgan fingerprint density at radius 2 is 2.24 bits per heavy atom. The van der Waals surface area contributed by atoms with Crippen LogP contribution in [-0.4, -0.2) is 33.4 Å². The van der Waals surface area contributed by atoms with E-state index in [2.05, 4.69) is 11.2 Å². The molecule has 0 atom stereocenters. The van der Waals surface area contributed by atoms with E-state index in [4.69, 9.17) is 6.42 Å². The van der Waals surface area contributed by atoms with Gasteiger partial charge in [-0.1, -0.05) is 5.92 Å². The van der Waals surface area contributed by atoms with Crippen molar-refractivity contribution in [2.24, 2.45) is 0 Å². The second-order valence-electron chi connectivity index (χ2n) is 3.67. The second kappa shape index (κ2) is 5.65. The standard InChI is InChI=1S/C11H16N2O2S2/c1-5-6-13(4)17(14,15)11-9(2)8-16-10(11)7-12-3/h1,8,12H,6-7H2,2-4H3. The lowest BCUT2D eigenvalue weighted by Gasteiger charge is -2.15. The lowest BCUT2D eigenvalue weighted by molar-refractivity contribution is 0.501. The van der Waals surface area contributed by atoms with Crippen LogP contribution in [0.2, 0.25) is 0 Å². The van der Waals surface area contributed by atoms with Gasteiger partial charge < -0.3 is 5.32 Å². The van der Waals surface area contributed by atoms with Crippen LogP contribution in [0.5, 0.6) is 0 Å². The topological polar surface area (TPSA) is 49.4 Å². The van der Waals surface area contributed by atoms with Crippen molar-refractivity contribution < 1.29 is 8.42 Å². The Balaban J connectivity index is 3.23. The fraction of sp³-hybridized carbons (Fsp3) is 0.455. The Labute approximate surface area is 107 Å². The molecule has 4 nitrogen and oxygen atoms in total. The molecular weight excluding hydrogens is 256 g/mol. The molecule has 17 heavy (non-hydrogen) atoms. The maximum atomic E-state index is 12.3. The highest BCUT2D eigenvalue weighted by Crippen LogP contribution is 2.28. The van der Waals surface area contributed by atoms with Crippen LogP contribution in [0.25, 0.3) is 0 Å². The molecule has 0 amide bonds. The minimum absolute atomic E-state index is 0.0800. The molecule has 0 saturated carbocycles. The van der Waals surface area contributed by atoms with Crippen LogP contribution < -0.4 is 5.32 Å². The van der Waals surface area contributed by atoms with E-state index >= 15 is 0 Å². The van der Waals surface area contributed by atoms with Gasteiger partial charge in [0, 0.05) is 18.5 Å². The summed E-state index contributed by atoms with van der Waals surface area (Å²) in [6.07, 6.45) is 5.15. The highest BCUT2D eigenvalue weighted by Gasteiger charge is 2.26. The van der Waals surface area contributed by atoms with E-state index in [0.29, 0.717) is 11.4 Å². The quantitative estimate of drug-likeness (QED) is 0.815. The molecule has 1 aromatic rings. The zero-order valence-electron chi connectivity index (χ0n) is 10.1. The Kier molecular flexibility index (Phi) is 4.71. The van der Waals surface area contributed by atoms with Gasteiger partial charge in [-0.15, -0.1) is 17.8 Å². The summed E-state index contributed by atoms with van der Waals surface area (Å²) < 4.78 is 25.8. The number of sulfonamides is 1. The van der Waals surface area contributed by atoms with E-state index in [1.165, 1.54) is 22.7 Å². The molecule has 1 rings (SSSR count). The molecule has 1 N–H and O–H groups in total. The monoisotopic (exact) mass is 272 g/mol. The summed E-state index contributed by atoms with van der Waals surface area (Å²) in [5, 5.41) is 4.82. The molecule has 1 aromatic heterocycles. The normalized spacial score (nSPS) is 11.7. The molecule has 0 fully saturated rings. The number of rotatable bonds is 5. The predicted molar refractivity (Wildman–Crippen MR) is 70.5 cm³/mol. The molecule has 0 aliphatic carbocycles. The SMILES string of the molecule is C#CCN(C)S(=O)(=O)c1c(C)csc1CNC. The van der Waals surface area contributed by atoms with Crippen molar-refractivity contribution in [1.82, 2.24) is 9.62 Å². The summed E-state index contributed by atoms with van der Waals surface area (Å²) in [4.78, 5) is 1.20. The van der Waals surface area contributed by atoms with Gasteiger partial charge in [0.05, 0.1) is 6.54 Å². The molecule has 6 heteroatoms.